The van der Waals surface area contributed by atoms with E-state index in [9.17, 15) is 14.4 Å². The summed E-state index contributed by atoms with van der Waals surface area (Å²) in [5.41, 5.74) is 4.38. The van der Waals surface area contributed by atoms with E-state index in [1.165, 1.54) is 7.11 Å². The number of nitrogens with zero attached hydrogens (tertiary/aromatic N) is 1. The van der Waals surface area contributed by atoms with Crippen molar-refractivity contribution in [2.45, 2.75) is 43.7 Å². The average molecular weight is 480 g/mol. The first-order chi connectivity index (χ1) is 17.0. The van der Waals surface area contributed by atoms with Crippen molar-refractivity contribution in [3.8, 4) is 17.2 Å². The van der Waals surface area contributed by atoms with Crippen molar-refractivity contribution >= 4 is 18.0 Å². The lowest BCUT2D eigenvalue weighted by molar-refractivity contribution is -0.149. The van der Waals surface area contributed by atoms with Gasteiger partial charge in [0, 0.05) is 32.4 Å². The first kappa shape index (κ1) is 25.7. The van der Waals surface area contributed by atoms with Crippen LogP contribution in [-0.2, 0) is 19.1 Å². The van der Waals surface area contributed by atoms with Gasteiger partial charge < -0.3 is 25.2 Å². The fraction of sp³-hybridized carbons (Fsp3) is 0.385. The standard InChI is InChI=1S/C26H29N3O6/c1-34-23(25(31)32)13-15-28-24(30)22(12-6-7-14-27)29-26(33)35-16-21-19-10-4-2-8-17(19)18-9-3-5-11-20(18)21/h2-5,8-11,21-23H,6-7,12-13,15-16H2,1H3,(H,28,30)(H,29,33)(H,31,32). The Morgan fingerprint density at radius 3 is 2.26 bits per heavy atom. The average Bonchev–Trinajstić information content (AvgIpc) is 3.18. The molecule has 1 aliphatic carbocycles. The van der Waals surface area contributed by atoms with E-state index >= 15 is 0 Å². The molecule has 35 heavy (non-hydrogen) atoms. The lowest BCUT2D eigenvalue weighted by Crippen LogP contribution is -2.47. The Morgan fingerprint density at radius 2 is 1.69 bits per heavy atom. The fourth-order valence-corrected chi connectivity index (χ4v) is 4.23. The summed E-state index contributed by atoms with van der Waals surface area (Å²) < 4.78 is 10.4. The maximum Gasteiger partial charge on any atom is 0.407 e. The van der Waals surface area contributed by atoms with Gasteiger partial charge in [-0.15, -0.1) is 0 Å². The van der Waals surface area contributed by atoms with Crippen LogP contribution in [0, 0.1) is 11.3 Å². The summed E-state index contributed by atoms with van der Waals surface area (Å²) in [6.45, 7) is 0.172. The number of carboxylic acid groups (broad SMARTS) is 1. The highest BCUT2D eigenvalue weighted by molar-refractivity contribution is 5.85. The number of carboxylic acids is 1. The Kier molecular flexibility index (Phi) is 9.21. The van der Waals surface area contributed by atoms with Crippen molar-refractivity contribution < 1.29 is 29.0 Å². The lowest BCUT2D eigenvalue weighted by Gasteiger charge is -2.20. The zero-order chi connectivity index (χ0) is 25.2. The van der Waals surface area contributed by atoms with Gasteiger partial charge in [-0.3, -0.25) is 4.79 Å². The summed E-state index contributed by atoms with van der Waals surface area (Å²) in [7, 11) is 1.28. The Balaban J connectivity index is 1.59. The second-order valence-electron chi connectivity index (χ2n) is 8.22. The van der Waals surface area contributed by atoms with Gasteiger partial charge in [-0.1, -0.05) is 48.5 Å². The van der Waals surface area contributed by atoms with Crippen LogP contribution in [0.15, 0.2) is 48.5 Å². The number of amides is 2. The summed E-state index contributed by atoms with van der Waals surface area (Å²) in [6.07, 6.45) is -0.801. The molecule has 0 spiro atoms. The van der Waals surface area contributed by atoms with Crippen LogP contribution in [0.4, 0.5) is 4.79 Å². The van der Waals surface area contributed by atoms with Gasteiger partial charge >= 0.3 is 12.1 Å². The van der Waals surface area contributed by atoms with Crippen LogP contribution >= 0.6 is 0 Å². The van der Waals surface area contributed by atoms with E-state index in [4.69, 9.17) is 19.8 Å². The van der Waals surface area contributed by atoms with Gasteiger partial charge in [0.25, 0.3) is 0 Å². The molecule has 3 N–H and O–H groups in total. The molecule has 184 valence electrons. The molecule has 0 saturated heterocycles. The molecule has 0 aromatic heterocycles. The maximum absolute atomic E-state index is 12.6. The highest BCUT2D eigenvalue weighted by Crippen LogP contribution is 2.44. The van der Waals surface area contributed by atoms with Crippen molar-refractivity contribution in [1.82, 2.24) is 10.6 Å². The third-order valence-electron chi connectivity index (χ3n) is 6.00. The number of methoxy groups -OCH3 is 1. The van der Waals surface area contributed by atoms with Gasteiger partial charge in [0.1, 0.15) is 12.6 Å². The molecule has 2 aromatic carbocycles. The Bertz CT molecular complexity index is 1050. The van der Waals surface area contributed by atoms with E-state index in [1.54, 1.807) is 0 Å². The number of fused-ring (bicyclic) bond motifs is 3. The molecule has 9 heteroatoms. The first-order valence-electron chi connectivity index (χ1n) is 11.5. The molecule has 2 unspecified atom stereocenters. The molecule has 9 nitrogen and oxygen atoms in total. The van der Waals surface area contributed by atoms with Gasteiger partial charge in [0.05, 0.1) is 6.07 Å². The largest absolute Gasteiger partial charge is 0.479 e. The second-order valence-corrected chi connectivity index (χ2v) is 8.22. The molecule has 0 fully saturated rings. The predicted molar refractivity (Wildman–Crippen MR) is 128 cm³/mol. The molecule has 1 aliphatic rings. The summed E-state index contributed by atoms with van der Waals surface area (Å²) in [5.74, 6) is -1.71. The van der Waals surface area contributed by atoms with Crippen LogP contribution in [0.1, 0.15) is 42.7 Å². The minimum Gasteiger partial charge on any atom is -0.479 e. The number of aliphatic carboxylic acids is 1. The van der Waals surface area contributed by atoms with Crippen LogP contribution in [0.2, 0.25) is 0 Å². The summed E-state index contributed by atoms with van der Waals surface area (Å²) >= 11 is 0. The number of rotatable bonds is 12. The molecule has 0 radical (unpaired) electrons. The minimum absolute atomic E-state index is 0.0603. The fourth-order valence-electron chi connectivity index (χ4n) is 4.23. The van der Waals surface area contributed by atoms with Gasteiger partial charge in [0.2, 0.25) is 5.91 Å². The van der Waals surface area contributed by atoms with Crippen molar-refractivity contribution in [1.29, 1.82) is 5.26 Å². The lowest BCUT2D eigenvalue weighted by atomic mass is 9.98. The second kappa shape index (κ2) is 12.5. The molecule has 0 aliphatic heterocycles. The summed E-state index contributed by atoms with van der Waals surface area (Å²) in [6, 6.07) is 17.1. The van der Waals surface area contributed by atoms with Gasteiger partial charge in [-0.2, -0.15) is 5.26 Å². The first-order valence-corrected chi connectivity index (χ1v) is 11.5. The number of benzene rings is 2. The highest BCUT2D eigenvalue weighted by Gasteiger charge is 2.30. The number of hydrogen-bond acceptors (Lipinski definition) is 6. The molecule has 2 aromatic rings. The topological polar surface area (TPSA) is 138 Å². The Labute approximate surface area is 204 Å². The third kappa shape index (κ3) is 6.58. The zero-order valence-corrected chi connectivity index (χ0v) is 19.5. The van der Waals surface area contributed by atoms with E-state index in [1.807, 2.05) is 54.6 Å². The van der Waals surface area contributed by atoms with Gasteiger partial charge in [0.15, 0.2) is 6.10 Å². The molecule has 0 heterocycles. The van der Waals surface area contributed by atoms with E-state index in [0.29, 0.717) is 6.42 Å². The number of nitrogens with one attached hydrogen (secondary N) is 2. The summed E-state index contributed by atoms with van der Waals surface area (Å²) in [4.78, 5) is 36.3. The van der Waals surface area contributed by atoms with Crippen LogP contribution in [0.3, 0.4) is 0 Å². The molecular formula is C26H29N3O6. The Morgan fingerprint density at radius 1 is 1.06 bits per heavy atom. The van der Waals surface area contributed by atoms with E-state index in [0.717, 1.165) is 22.3 Å². The van der Waals surface area contributed by atoms with Crippen LogP contribution < -0.4 is 10.6 Å². The van der Waals surface area contributed by atoms with Crippen molar-refractivity contribution in [2.24, 2.45) is 0 Å². The van der Waals surface area contributed by atoms with Crippen molar-refractivity contribution in [3.05, 3.63) is 59.7 Å². The van der Waals surface area contributed by atoms with Gasteiger partial charge in [-0.05, 0) is 35.1 Å². The normalized spacial score (nSPS) is 13.6. The number of alkyl carbamates (subject to hydrolysis) is 1. The smallest absolute Gasteiger partial charge is 0.407 e. The van der Waals surface area contributed by atoms with Crippen molar-refractivity contribution in [3.63, 3.8) is 0 Å². The molecule has 3 rings (SSSR count). The van der Waals surface area contributed by atoms with Crippen LogP contribution in [0.25, 0.3) is 11.1 Å². The number of unbranched alkanes of at least 4 members (excludes halogenated alkanes) is 1. The maximum atomic E-state index is 12.6. The quantitative estimate of drug-likeness (QED) is 0.398. The molecule has 0 bridgehead atoms. The van der Waals surface area contributed by atoms with Crippen molar-refractivity contribution in [2.75, 3.05) is 20.3 Å². The highest BCUT2D eigenvalue weighted by atomic mass is 16.5. The molecule has 2 atom stereocenters. The van der Waals surface area contributed by atoms with E-state index in [2.05, 4.69) is 10.6 Å². The molecular weight excluding hydrogens is 450 g/mol. The van der Waals surface area contributed by atoms with E-state index < -0.39 is 30.1 Å². The zero-order valence-electron chi connectivity index (χ0n) is 19.5. The number of carbonyl (C=O) groups is 3. The van der Waals surface area contributed by atoms with Crippen LogP contribution in [-0.4, -0.2) is 55.5 Å². The molecule has 0 saturated carbocycles. The minimum atomic E-state index is -1.12. The van der Waals surface area contributed by atoms with Crippen LogP contribution in [0.5, 0.6) is 0 Å². The number of carbonyl (C=O) groups excluding carboxylic acids is 2. The summed E-state index contributed by atoms with van der Waals surface area (Å²) in [5, 5.41) is 23.1. The van der Waals surface area contributed by atoms with Gasteiger partial charge in [-0.25, -0.2) is 9.59 Å². The number of hydrogen-bond donors (Lipinski definition) is 3. The Hall–Kier alpha value is -3.90. The number of nitriles is 1. The monoisotopic (exact) mass is 479 g/mol. The molecule has 2 amide bonds. The SMILES string of the molecule is COC(CCNC(=O)C(CCCC#N)NC(=O)OCC1c2ccccc2-c2ccccc21)C(=O)O. The third-order valence-corrected chi connectivity index (χ3v) is 6.00. The van der Waals surface area contributed by atoms with E-state index in [-0.39, 0.29) is 38.3 Å². The number of ether oxygens (including phenoxy) is 2. The predicted octanol–water partition coefficient (Wildman–Crippen LogP) is 3.19.